The second-order valence-electron chi connectivity index (χ2n) is 5.70. The maximum Gasteiger partial charge on any atom is 0.349 e. The van der Waals surface area contributed by atoms with Crippen LogP contribution in [0.1, 0.15) is 50.8 Å². The summed E-state index contributed by atoms with van der Waals surface area (Å²) in [5.41, 5.74) is 0.618. The number of ether oxygens (including phenoxy) is 1. The Kier molecular flexibility index (Phi) is 4.76. The minimum Gasteiger partial charge on any atom is -0.443 e. The zero-order valence-corrected chi connectivity index (χ0v) is 14.0. The molecule has 6 heteroatoms. The van der Waals surface area contributed by atoms with Gasteiger partial charge in [0.2, 0.25) is 6.10 Å². The van der Waals surface area contributed by atoms with Crippen molar-refractivity contribution < 1.29 is 19.1 Å². The number of hydrogen-bond acceptors (Lipinski definition) is 5. The van der Waals surface area contributed by atoms with E-state index in [0.29, 0.717) is 15.3 Å². The predicted octanol–water partition coefficient (Wildman–Crippen LogP) is 3.13. The Balaban J connectivity index is 1.78. The summed E-state index contributed by atoms with van der Waals surface area (Å²) in [6.45, 7) is 1.44. The van der Waals surface area contributed by atoms with E-state index in [4.69, 9.17) is 4.74 Å². The maximum absolute atomic E-state index is 12.4. The van der Waals surface area contributed by atoms with E-state index in [0.717, 1.165) is 24.2 Å². The summed E-state index contributed by atoms with van der Waals surface area (Å²) >= 11 is 1.07. The molecule has 1 aliphatic carbocycles. The number of carbonyl (C=O) groups excluding carboxylic acids is 3. The smallest absolute Gasteiger partial charge is 0.349 e. The second kappa shape index (κ2) is 6.97. The minimum atomic E-state index is -0.998. The van der Waals surface area contributed by atoms with Gasteiger partial charge < -0.3 is 10.1 Å². The van der Waals surface area contributed by atoms with Gasteiger partial charge in [0.15, 0.2) is 5.78 Å². The third-order valence-corrected chi connectivity index (χ3v) is 4.81. The number of ketones is 1. The van der Waals surface area contributed by atoms with Crippen LogP contribution in [0.5, 0.6) is 0 Å². The van der Waals surface area contributed by atoms with Crippen molar-refractivity contribution in [1.82, 2.24) is 5.32 Å². The second-order valence-corrected chi connectivity index (χ2v) is 6.78. The van der Waals surface area contributed by atoms with E-state index >= 15 is 0 Å². The first-order valence-electron chi connectivity index (χ1n) is 7.71. The van der Waals surface area contributed by atoms with Crippen LogP contribution in [0.25, 0.3) is 0 Å². The van der Waals surface area contributed by atoms with Crippen molar-refractivity contribution >= 4 is 29.0 Å². The van der Waals surface area contributed by atoms with E-state index in [1.807, 2.05) is 6.07 Å². The van der Waals surface area contributed by atoms with Gasteiger partial charge in [0.25, 0.3) is 5.91 Å². The fraction of sp³-hybridized carbons (Fsp3) is 0.278. The predicted molar refractivity (Wildman–Crippen MR) is 90.1 cm³/mol. The Morgan fingerprint density at radius 1 is 1.08 bits per heavy atom. The molecule has 5 nitrogen and oxygen atoms in total. The molecule has 1 amide bonds. The van der Waals surface area contributed by atoms with Crippen LogP contribution in [-0.2, 0) is 9.53 Å². The number of carbonyl (C=O) groups is 3. The Morgan fingerprint density at radius 2 is 1.75 bits per heavy atom. The monoisotopic (exact) mass is 343 g/mol. The molecule has 1 aromatic heterocycles. The van der Waals surface area contributed by atoms with Crippen molar-refractivity contribution in [3.05, 3.63) is 57.8 Å². The number of rotatable bonds is 6. The molecular formula is C18H17NO4S. The van der Waals surface area contributed by atoms with Crippen molar-refractivity contribution in [2.45, 2.75) is 31.9 Å². The first-order chi connectivity index (χ1) is 11.5. The largest absolute Gasteiger partial charge is 0.443 e. The molecule has 0 saturated heterocycles. The molecule has 1 saturated carbocycles. The zero-order chi connectivity index (χ0) is 17.1. The SMILES string of the molecule is CC(=O)c1ccc(C(=O)O[C@H](C(=O)NC2CC2)c2ccccc2)s1. The van der Waals surface area contributed by atoms with Crippen LogP contribution in [0.2, 0.25) is 0 Å². The van der Waals surface area contributed by atoms with Crippen molar-refractivity contribution in [2.24, 2.45) is 0 Å². The molecule has 0 spiro atoms. The van der Waals surface area contributed by atoms with Gasteiger partial charge in [-0.3, -0.25) is 9.59 Å². The number of esters is 1. The maximum atomic E-state index is 12.4. The van der Waals surface area contributed by atoms with Gasteiger partial charge in [-0.25, -0.2) is 4.79 Å². The van der Waals surface area contributed by atoms with Gasteiger partial charge in [0, 0.05) is 11.6 Å². The third-order valence-electron chi connectivity index (χ3n) is 3.64. The fourth-order valence-corrected chi connectivity index (χ4v) is 2.99. The molecule has 1 atom stereocenters. The average molecular weight is 343 g/mol. The highest BCUT2D eigenvalue weighted by molar-refractivity contribution is 7.15. The van der Waals surface area contributed by atoms with Crippen molar-refractivity contribution in [3.8, 4) is 0 Å². The van der Waals surface area contributed by atoms with Crippen molar-refractivity contribution in [2.75, 3.05) is 0 Å². The third kappa shape index (κ3) is 3.89. The summed E-state index contributed by atoms with van der Waals surface area (Å²) < 4.78 is 5.45. The normalized spacial score (nSPS) is 14.7. The van der Waals surface area contributed by atoms with Crippen molar-refractivity contribution in [3.63, 3.8) is 0 Å². The summed E-state index contributed by atoms with van der Waals surface area (Å²) in [5, 5.41) is 2.87. The van der Waals surface area contributed by atoms with Crippen LogP contribution in [-0.4, -0.2) is 23.7 Å². The summed E-state index contributed by atoms with van der Waals surface area (Å²) in [5.74, 6) is -1.03. The molecule has 1 aliphatic rings. The van der Waals surface area contributed by atoms with Crippen LogP contribution < -0.4 is 5.32 Å². The van der Waals surface area contributed by atoms with E-state index in [-0.39, 0.29) is 17.7 Å². The first-order valence-corrected chi connectivity index (χ1v) is 8.53. The number of nitrogens with one attached hydrogen (secondary N) is 1. The molecule has 1 aromatic carbocycles. The molecule has 1 fully saturated rings. The number of benzene rings is 1. The lowest BCUT2D eigenvalue weighted by Gasteiger charge is -2.17. The van der Waals surface area contributed by atoms with Crippen LogP contribution in [0.4, 0.5) is 0 Å². The quantitative estimate of drug-likeness (QED) is 0.646. The molecule has 0 bridgehead atoms. The van der Waals surface area contributed by atoms with Gasteiger partial charge in [-0.1, -0.05) is 30.3 Å². The molecule has 2 aromatic rings. The molecule has 1 heterocycles. The molecule has 0 unspecified atom stereocenters. The van der Waals surface area contributed by atoms with E-state index in [1.165, 1.54) is 6.92 Å². The minimum absolute atomic E-state index is 0.106. The Labute approximate surface area is 143 Å². The number of thiophene rings is 1. The highest BCUT2D eigenvalue weighted by atomic mass is 32.1. The molecule has 3 rings (SSSR count). The molecule has 124 valence electrons. The summed E-state index contributed by atoms with van der Waals surface area (Å²) in [6.07, 6.45) is 0.907. The number of hydrogen-bond donors (Lipinski definition) is 1. The highest BCUT2D eigenvalue weighted by Crippen LogP contribution is 2.25. The van der Waals surface area contributed by atoms with Crippen molar-refractivity contribution in [1.29, 1.82) is 0 Å². The van der Waals surface area contributed by atoms with Gasteiger partial charge in [-0.05, 0) is 31.9 Å². The lowest BCUT2D eigenvalue weighted by Crippen LogP contribution is -2.33. The van der Waals surface area contributed by atoms with Gasteiger partial charge >= 0.3 is 5.97 Å². The van der Waals surface area contributed by atoms with E-state index in [1.54, 1.807) is 36.4 Å². The molecular weight excluding hydrogens is 326 g/mol. The van der Waals surface area contributed by atoms with E-state index in [2.05, 4.69) is 5.32 Å². The van der Waals surface area contributed by atoms with Crippen LogP contribution >= 0.6 is 11.3 Å². The van der Waals surface area contributed by atoms with E-state index < -0.39 is 12.1 Å². The molecule has 1 N–H and O–H groups in total. The summed E-state index contributed by atoms with van der Waals surface area (Å²) in [4.78, 5) is 37.0. The zero-order valence-electron chi connectivity index (χ0n) is 13.2. The van der Waals surface area contributed by atoms with Gasteiger partial charge in [0.05, 0.1) is 4.88 Å². The first kappa shape index (κ1) is 16.4. The lowest BCUT2D eigenvalue weighted by molar-refractivity contribution is -0.130. The Hall–Kier alpha value is -2.47. The van der Waals surface area contributed by atoms with Gasteiger partial charge in [-0.2, -0.15) is 0 Å². The van der Waals surface area contributed by atoms with Crippen LogP contribution in [0, 0.1) is 0 Å². The topological polar surface area (TPSA) is 72.5 Å². The van der Waals surface area contributed by atoms with Crippen LogP contribution in [0.3, 0.4) is 0 Å². The summed E-state index contributed by atoms with van der Waals surface area (Å²) in [7, 11) is 0. The molecule has 0 radical (unpaired) electrons. The Bertz CT molecular complexity index is 764. The van der Waals surface area contributed by atoms with E-state index in [9.17, 15) is 14.4 Å². The molecule has 24 heavy (non-hydrogen) atoms. The number of amides is 1. The fourth-order valence-electron chi connectivity index (χ4n) is 2.21. The van der Waals surface area contributed by atoms with Gasteiger partial charge in [-0.15, -0.1) is 11.3 Å². The number of Topliss-reactive ketones (excluding diaryl/α,β-unsaturated/α-hetero) is 1. The standard InChI is InChI=1S/C18H17NO4S/c1-11(20)14-9-10-15(24-14)18(22)23-16(12-5-3-2-4-6-12)17(21)19-13-7-8-13/h2-6,9-10,13,16H,7-8H2,1H3,(H,19,21)/t16-/m0/s1. The highest BCUT2D eigenvalue weighted by Gasteiger charge is 2.31. The van der Waals surface area contributed by atoms with Crippen LogP contribution in [0.15, 0.2) is 42.5 Å². The summed E-state index contributed by atoms with van der Waals surface area (Å²) in [6, 6.07) is 12.2. The average Bonchev–Trinajstić information content (AvgIpc) is 3.24. The molecule has 0 aliphatic heterocycles. The lowest BCUT2D eigenvalue weighted by atomic mass is 10.1. The van der Waals surface area contributed by atoms with Gasteiger partial charge in [0.1, 0.15) is 4.88 Å². The Morgan fingerprint density at radius 3 is 2.33 bits per heavy atom.